The molecule has 2 fully saturated rings. The van der Waals surface area contributed by atoms with Crippen LogP contribution in [0.4, 0.5) is 0 Å². The number of nitrogens with zero attached hydrogens (tertiary/aromatic N) is 2. The van der Waals surface area contributed by atoms with Gasteiger partial charge in [-0.25, -0.2) is 12.7 Å². The van der Waals surface area contributed by atoms with E-state index in [0.29, 0.717) is 25.0 Å². The number of carboxylic acids is 1. The van der Waals surface area contributed by atoms with Crippen LogP contribution in [0.25, 0.3) is 0 Å². The molecular formula is C12H22N2O4S. The number of rotatable bonds is 3. The highest BCUT2D eigenvalue weighted by Crippen LogP contribution is 2.31. The summed E-state index contributed by atoms with van der Waals surface area (Å²) in [5, 5.41) is 7.55. The van der Waals surface area contributed by atoms with Gasteiger partial charge in [0.25, 0.3) is 0 Å². The molecule has 0 amide bonds. The van der Waals surface area contributed by atoms with Crippen molar-refractivity contribution in [2.45, 2.75) is 37.5 Å². The normalized spacial score (nSPS) is 31.7. The number of hydrogen-bond donors (Lipinski definition) is 1. The lowest BCUT2D eigenvalue weighted by Gasteiger charge is -2.45. The van der Waals surface area contributed by atoms with Crippen molar-refractivity contribution in [1.29, 1.82) is 0 Å². The molecule has 0 aromatic rings. The first-order valence-electron chi connectivity index (χ1n) is 6.76. The molecule has 3 unspecified atom stereocenters. The summed E-state index contributed by atoms with van der Waals surface area (Å²) in [6, 6.07) is 0.445. The highest BCUT2D eigenvalue weighted by molar-refractivity contribution is 7.90. The Morgan fingerprint density at radius 2 is 2.00 bits per heavy atom. The van der Waals surface area contributed by atoms with E-state index in [-0.39, 0.29) is 0 Å². The quantitative estimate of drug-likeness (QED) is 0.803. The van der Waals surface area contributed by atoms with E-state index in [0.717, 1.165) is 25.8 Å². The minimum absolute atomic E-state index is 0.336. The number of sulfonamides is 1. The molecule has 110 valence electrons. The molecule has 0 aliphatic carbocycles. The van der Waals surface area contributed by atoms with Gasteiger partial charge in [0, 0.05) is 19.1 Å². The summed E-state index contributed by atoms with van der Waals surface area (Å²) >= 11 is 0. The first kappa shape index (κ1) is 14.7. The summed E-state index contributed by atoms with van der Waals surface area (Å²) in [6.07, 6.45) is 2.91. The standard InChI is InChI=1S/C12H22N2O4S/c1-9(12(15)16)19(17,18)14-7-5-11-10(8-14)4-3-6-13(11)2/h9-11H,3-8H2,1-2H3,(H,15,16). The number of likely N-dealkylation sites (tertiary alicyclic amines) is 1. The molecule has 0 aromatic carbocycles. The Labute approximate surface area is 114 Å². The molecule has 2 heterocycles. The number of carbonyl (C=O) groups is 1. The van der Waals surface area contributed by atoms with Crippen molar-refractivity contribution in [3.63, 3.8) is 0 Å². The minimum Gasteiger partial charge on any atom is -0.480 e. The molecule has 1 N–H and O–H groups in total. The van der Waals surface area contributed by atoms with E-state index in [4.69, 9.17) is 5.11 Å². The van der Waals surface area contributed by atoms with E-state index < -0.39 is 21.2 Å². The maximum atomic E-state index is 12.2. The van der Waals surface area contributed by atoms with Gasteiger partial charge >= 0.3 is 5.97 Å². The van der Waals surface area contributed by atoms with Crippen LogP contribution in [0.2, 0.25) is 0 Å². The molecular weight excluding hydrogens is 268 g/mol. The fourth-order valence-corrected chi connectivity index (χ4v) is 4.66. The number of carboxylic acid groups (broad SMARTS) is 1. The van der Waals surface area contributed by atoms with Crippen LogP contribution in [0.5, 0.6) is 0 Å². The topological polar surface area (TPSA) is 77.9 Å². The zero-order valence-corrected chi connectivity index (χ0v) is 12.3. The molecule has 19 heavy (non-hydrogen) atoms. The smallest absolute Gasteiger partial charge is 0.323 e. The third-order valence-corrected chi connectivity index (χ3v) is 6.61. The largest absolute Gasteiger partial charge is 0.480 e. The lowest BCUT2D eigenvalue weighted by Crippen LogP contribution is -2.55. The van der Waals surface area contributed by atoms with E-state index in [1.165, 1.54) is 11.2 Å². The maximum absolute atomic E-state index is 12.2. The molecule has 0 bridgehead atoms. The Morgan fingerprint density at radius 3 is 2.63 bits per heavy atom. The van der Waals surface area contributed by atoms with Gasteiger partial charge < -0.3 is 10.0 Å². The summed E-state index contributed by atoms with van der Waals surface area (Å²) in [7, 11) is -1.63. The minimum atomic E-state index is -3.71. The van der Waals surface area contributed by atoms with Crippen molar-refractivity contribution in [2.24, 2.45) is 5.92 Å². The molecule has 6 nitrogen and oxygen atoms in total. The van der Waals surface area contributed by atoms with E-state index in [2.05, 4.69) is 11.9 Å². The average Bonchev–Trinajstić information content (AvgIpc) is 2.37. The Bertz CT molecular complexity index is 451. The van der Waals surface area contributed by atoms with Gasteiger partial charge in [-0.15, -0.1) is 0 Å². The summed E-state index contributed by atoms with van der Waals surface area (Å²) in [5.41, 5.74) is 0. The molecule has 0 radical (unpaired) electrons. The van der Waals surface area contributed by atoms with Gasteiger partial charge in [0.15, 0.2) is 5.25 Å². The van der Waals surface area contributed by atoms with Crippen LogP contribution in [-0.4, -0.2) is 66.7 Å². The van der Waals surface area contributed by atoms with Crippen LogP contribution in [0.15, 0.2) is 0 Å². The van der Waals surface area contributed by atoms with Crippen molar-refractivity contribution >= 4 is 16.0 Å². The zero-order valence-electron chi connectivity index (χ0n) is 11.4. The predicted molar refractivity (Wildman–Crippen MR) is 71.3 cm³/mol. The Balaban J connectivity index is 2.10. The van der Waals surface area contributed by atoms with E-state index in [9.17, 15) is 13.2 Å². The van der Waals surface area contributed by atoms with E-state index in [1.807, 2.05) is 0 Å². The van der Waals surface area contributed by atoms with Gasteiger partial charge in [0.05, 0.1) is 0 Å². The van der Waals surface area contributed by atoms with Crippen molar-refractivity contribution in [2.75, 3.05) is 26.7 Å². The van der Waals surface area contributed by atoms with Gasteiger partial charge in [-0.05, 0) is 45.7 Å². The van der Waals surface area contributed by atoms with Crippen LogP contribution in [-0.2, 0) is 14.8 Å². The summed E-state index contributed by atoms with van der Waals surface area (Å²) < 4.78 is 25.8. The van der Waals surface area contributed by atoms with Gasteiger partial charge in [-0.1, -0.05) is 0 Å². The average molecular weight is 290 g/mol. The molecule has 7 heteroatoms. The number of hydrogen-bond acceptors (Lipinski definition) is 4. The van der Waals surface area contributed by atoms with Gasteiger partial charge in [0.1, 0.15) is 0 Å². The van der Waals surface area contributed by atoms with Crippen LogP contribution >= 0.6 is 0 Å². The highest BCUT2D eigenvalue weighted by atomic mass is 32.2. The lowest BCUT2D eigenvalue weighted by molar-refractivity contribution is -0.136. The van der Waals surface area contributed by atoms with Gasteiger partial charge in [-0.3, -0.25) is 4.79 Å². The molecule has 2 rings (SSSR count). The molecule has 2 saturated heterocycles. The predicted octanol–water partition coefficient (Wildman–Crippen LogP) is 0.205. The van der Waals surface area contributed by atoms with Gasteiger partial charge in [-0.2, -0.15) is 0 Å². The van der Waals surface area contributed by atoms with Crippen LogP contribution in [0.3, 0.4) is 0 Å². The molecule has 2 aliphatic rings. The molecule has 2 aliphatic heterocycles. The SMILES string of the molecule is CC(C(=O)O)S(=O)(=O)N1CCC2C(CCCN2C)C1. The third-order valence-electron chi connectivity index (χ3n) is 4.46. The number of piperidine rings is 2. The maximum Gasteiger partial charge on any atom is 0.323 e. The van der Waals surface area contributed by atoms with E-state index in [1.54, 1.807) is 0 Å². The fourth-order valence-electron chi connectivity index (χ4n) is 3.20. The first-order valence-corrected chi connectivity index (χ1v) is 8.26. The summed E-state index contributed by atoms with van der Waals surface area (Å²) in [4.78, 5) is 13.2. The molecule has 3 atom stereocenters. The molecule has 0 aromatic heterocycles. The first-order chi connectivity index (χ1) is 8.84. The Morgan fingerprint density at radius 1 is 1.32 bits per heavy atom. The van der Waals surface area contributed by atoms with Crippen LogP contribution in [0.1, 0.15) is 26.2 Å². The number of aliphatic carboxylic acids is 1. The summed E-state index contributed by atoms with van der Waals surface area (Å²) in [5.74, 6) is -0.939. The Hall–Kier alpha value is -0.660. The second-order valence-electron chi connectivity index (χ2n) is 5.62. The second-order valence-corrected chi connectivity index (χ2v) is 7.88. The lowest BCUT2D eigenvalue weighted by atomic mass is 9.85. The molecule has 0 saturated carbocycles. The highest BCUT2D eigenvalue weighted by Gasteiger charge is 2.41. The van der Waals surface area contributed by atoms with Crippen molar-refractivity contribution in [3.05, 3.63) is 0 Å². The second kappa shape index (κ2) is 5.38. The van der Waals surface area contributed by atoms with Crippen LogP contribution < -0.4 is 0 Å². The number of fused-ring (bicyclic) bond motifs is 1. The fraction of sp³-hybridized carbons (Fsp3) is 0.917. The van der Waals surface area contributed by atoms with Crippen molar-refractivity contribution < 1.29 is 18.3 Å². The van der Waals surface area contributed by atoms with Gasteiger partial charge in [0.2, 0.25) is 10.0 Å². The van der Waals surface area contributed by atoms with Crippen LogP contribution in [0, 0.1) is 5.92 Å². The third kappa shape index (κ3) is 2.78. The van der Waals surface area contributed by atoms with Crippen molar-refractivity contribution in [3.8, 4) is 0 Å². The Kier molecular flexibility index (Phi) is 4.17. The van der Waals surface area contributed by atoms with Crippen molar-refractivity contribution in [1.82, 2.24) is 9.21 Å². The summed E-state index contributed by atoms with van der Waals surface area (Å²) in [6.45, 7) is 3.22. The zero-order chi connectivity index (χ0) is 14.2. The molecule has 0 spiro atoms. The monoisotopic (exact) mass is 290 g/mol. The van der Waals surface area contributed by atoms with E-state index >= 15 is 0 Å².